The summed E-state index contributed by atoms with van der Waals surface area (Å²) in [6, 6.07) is 1.79. The smallest absolute Gasteiger partial charge is 0.377 e. The molecule has 0 aromatic carbocycles. The van der Waals surface area contributed by atoms with Crippen LogP contribution in [0.1, 0.15) is 86.0 Å². The molecular formula is C21H50O6Si2. The van der Waals surface area contributed by atoms with Crippen molar-refractivity contribution in [1.82, 2.24) is 0 Å². The molecule has 0 heterocycles. The number of hydrogen-bond acceptors (Lipinski definition) is 6. The van der Waals surface area contributed by atoms with Crippen molar-refractivity contribution in [2.45, 2.75) is 98.1 Å². The van der Waals surface area contributed by atoms with E-state index >= 15 is 0 Å². The van der Waals surface area contributed by atoms with Crippen molar-refractivity contribution in [3.05, 3.63) is 0 Å². The molecule has 178 valence electrons. The molecule has 0 radical (unpaired) electrons. The Labute approximate surface area is 183 Å². The quantitative estimate of drug-likeness (QED) is 0.175. The molecule has 0 saturated heterocycles. The molecule has 0 aromatic heterocycles. The third-order valence-corrected chi connectivity index (χ3v) is 10.7. The minimum atomic E-state index is -2.38. The summed E-state index contributed by atoms with van der Waals surface area (Å²) in [5.74, 6) is 0. The highest BCUT2D eigenvalue weighted by Crippen LogP contribution is 2.20. The molecule has 6 nitrogen and oxygen atoms in total. The van der Waals surface area contributed by atoms with Crippen LogP contribution in [0.15, 0.2) is 0 Å². The van der Waals surface area contributed by atoms with Gasteiger partial charge in [0.05, 0.1) is 0 Å². The Balaban J connectivity index is 0. The van der Waals surface area contributed by atoms with Crippen molar-refractivity contribution in [3.63, 3.8) is 0 Å². The SMILES string of the molecule is CCCCCCCCCC[Si](OCC)(OCC)OCC.CC[Si](OC)(OC)OC. The molecule has 0 aliphatic carbocycles. The molecule has 0 unspecified atom stereocenters. The average Bonchev–Trinajstić information content (AvgIpc) is 2.73. The molecule has 0 atom stereocenters. The Hall–Kier alpha value is 0.194. The zero-order chi connectivity index (χ0) is 22.4. The van der Waals surface area contributed by atoms with Crippen LogP contribution in [0.2, 0.25) is 12.1 Å². The molecular weight excluding hydrogens is 404 g/mol. The minimum Gasteiger partial charge on any atom is -0.377 e. The largest absolute Gasteiger partial charge is 0.500 e. The Morgan fingerprint density at radius 2 is 0.862 bits per heavy atom. The van der Waals surface area contributed by atoms with Gasteiger partial charge in [-0.15, -0.1) is 0 Å². The van der Waals surface area contributed by atoms with E-state index in [1.54, 1.807) is 21.3 Å². The van der Waals surface area contributed by atoms with Gasteiger partial charge in [-0.3, -0.25) is 0 Å². The van der Waals surface area contributed by atoms with E-state index in [9.17, 15) is 0 Å². The van der Waals surface area contributed by atoms with Gasteiger partial charge in [-0.2, -0.15) is 0 Å². The first-order valence-corrected chi connectivity index (χ1v) is 15.4. The zero-order valence-corrected chi connectivity index (χ0v) is 22.6. The third kappa shape index (κ3) is 15.6. The monoisotopic (exact) mass is 454 g/mol. The second-order valence-electron chi connectivity index (χ2n) is 6.86. The van der Waals surface area contributed by atoms with E-state index in [1.807, 2.05) is 27.7 Å². The maximum absolute atomic E-state index is 5.86. The molecule has 29 heavy (non-hydrogen) atoms. The highest BCUT2D eigenvalue weighted by Gasteiger charge is 2.39. The van der Waals surface area contributed by atoms with E-state index in [1.165, 1.54) is 51.4 Å². The summed E-state index contributed by atoms with van der Waals surface area (Å²) < 4.78 is 32.8. The third-order valence-electron chi connectivity index (χ3n) is 4.80. The van der Waals surface area contributed by atoms with Crippen LogP contribution in [0.4, 0.5) is 0 Å². The van der Waals surface area contributed by atoms with Gasteiger partial charge in [0.25, 0.3) is 0 Å². The van der Waals surface area contributed by atoms with Gasteiger partial charge in [-0.05, 0) is 27.2 Å². The van der Waals surface area contributed by atoms with Crippen LogP contribution in [0.3, 0.4) is 0 Å². The lowest BCUT2D eigenvalue weighted by atomic mass is 10.1. The number of hydrogen-bond donors (Lipinski definition) is 0. The van der Waals surface area contributed by atoms with Crippen molar-refractivity contribution in [2.75, 3.05) is 41.2 Å². The van der Waals surface area contributed by atoms with Gasteiger partial charge in [0.2, 0.25) is 0 Å². The molecule has 0 saturated carbocycles. The van der Waals surface area contributed by atoms with E-state index in [-0.39, 0.29) is 0 Å². The maximum Gasteiger partial charge on any atom is 0.500 e. The van der Waals surface area contributed by atoms with Crippen LogP contribution < -0.4 is 0 Å². The first kappa shape index (κ1) is 31.4. The van der Waals surface area contributed by atoms with Gasteiger partial charge in [-0.1, -0.05) is 58.8 Å². The molecule has 0 aliphatic rings. The highest BCUT2D eigenvalue weighted by molar-refractivity contribution is 6.60. The van der Waals surface area contributed by atoms with E-state index < -0.39 is 17.6 Å². The lowest BCUT2D eigenvalue weighted by Gasteiger charge is -2.28. The normalized spacial score (nSPS) is 12.0. The number of unbranched alkanes of at least 4 members (excludes halogenated alkanes) is 7. The standard InChI is InChI=1S/C16H36O3Si.C5H14O3Si/c1-5-9-10-11-12-13-14-15-16-20(17-6-2,18-7-3)19-8-4;1-5-9(6-2,7-3)8-4/h5-16H2,1-4H3;5H2,1-4H3. The van der Waals surface area contributed by atoms with Crippen LogP contribution in [-0.2, 0) is 26.6 Å². The predicted molar refractivity (Wildman–Crippen MR) is 125 cm³/mol. The van der Waals surface area contributed by atoms with Crippen molar-refractivity contribution in [2.24, 2.45) is 0 Å². The Bertz CT molecular complexity index is 296. The lowest BCUT2D eigenvalue weighted by molar-refractivity contribution is 0.0706. The van der Waals surface area contributed by atoms with Crippen LogP contribution >= 0.6 is 0 Å². The summed E-state index contributed by atoms with van der Waals surface area (Å²) in [6.07, 6.45) is 10.6. The van der Waals surface area contributed by atoms with Gasteiger partial charge < -0.3 is 26.6 Å². The second-order valence-corrected chi connectivity index (χ2v) is 12.9. The van der Waals surface area contributed by atoms with Gasteiger partial charge in [0, 0.05) is 53.2 Å². The summed E-state index contributed by atoms with van der Waals surface area (Å²) in [7, 11) is 0.273. The Morgan fingerprint density at radius 3 is 1.14 bits per heavy atom. The lowest BCUT2D eigenvalue weighted by Crippen LogP contribution is -2.45. The fourth-order valence-electron chi connectivity index (χ4n) is 3.16. The maximum atomic E-state index is 5.86. The van der Waals surface area contributed by atoms with E-state index in [0.717, 1.165) is 12.1 Å². The molecule has 0 rings (SSSR count). The van der Waals surface area contributed by atoms with Crippen LogP contribution in [0, 0.1) is 0 Å². The van der Waals surface area contributed by atoms with Crippen molar-refractivity contribution < 1.29 is 26.6 Å². The summed E-state index contributed by atoms with van der Waals surface area (Å²) >= 11 is 0. The van der Waals surface area contributed by atoms with E-state index in [4.69, 9.17) is 26.6 Å². The fraction of sp³-hybridized carbons (Fsp3) is 1.00. The van der Waals surface area contributed by atoms with Crippen LogP contribution in [0.5, 0.6) is 0 Å². The first-order valence-electron chi connectivity index (χ1n) is 11.6. The summed E-state index contributed by atoms with van der Waals surface area (Å²) in [4.78, 5) is 0. The summed E-state index contributed by atoms with van der Waals surface area (Å²) in [6.45, 7) is 12.4. The van der Waals surface area contributed by atoms with Crippen LogP contribution in [0.25, 0.3) is 0 Å². The summed E-state index contributed by atoms with van der Waals surface area (Å²) in [5.41, 5.74) is 0. The van der Waals surface area contributed by atoms with Gasteiger partial charge in [-0.25, -0.2) is 0 Å². The first-order chi connectivity index (χ1) is 14.0. The second kappa shape index (κ2) is 21.4. The average molecular weight is 455 g/mol. The predicted octanol–water partition coefficient (Wildman–Crippen LogP) is 6.06. The van der Waals surface area contributed by atoms with Crippen molar-refractivity contribution in [1.29, 1.82) is 0 Å². The highest BCUT2D eigenvalue weighted by atomic mass is 28.4. The van der Waals surface area contributed by atoms with Crippen LogP contribution in [-0.4, -0.2) is 58.8 Å². The molecule has 0 spiro atoms. The van der Waals surface area contributed by atoms with Gasteiger partial charge >= 0.3 is 17.6 Å². The fourth-order valence-corrected chi connectivity index (χ4v) is 7.21. The zero-order valence-electron chi connectivity index (χ0n) is 20.6. The number of rotatable bonds is 19. The van der Waals surface area contributed by atoms with E-state index in [0.29, 0.717) is 19.8 Å². The molecule has 8 heteroatoms. The van der Waals surface area contributed by atoms with E-state index in [2.05, 4.69) is 6.92 Å². The molecule has 0 bridgehead atoms. The molecule has 0 aliphatic heterocycles. The summed E-state index contributed by atoms with van der Waals surface area (Å²) in [5, 5.41) is 0. The van der Waals surface area contributed by atoms with Gasteiger partial charge in [0.1, 0.15) is 0 Å². The minimum absolute atomic E-state index is 0.684. The molecule has 0 amide bonds. The Morgan fingerprint density at radius 1 is 0.483 bits per heavy atom. The van der Waals surface area contributed by atoms with Crippen molar-refractivity contribution in [3.8, 4) is 0 Å². The molecule has 0 aromatic rings. The Kier molecular flexibility index (Phi) is 23.2. The topological polar surface area (TPSA) is 55.4 Å². The molecule has 0 fully saturated rings. The molecule has 0 N–H and O–H groups in total. The van der Waals surface area contributed by atoms with Crippen molar-refractivity contribution >= 4 is 17.6 Å². The van der Waals surface area contributed by atoms with Gasteiger partial charge in [0.15, 0.2) is 0 Å².